The topological polar surface area (TPSA) is 46.9 Å². The molecular weight excluding hydrogens is 273 g/mol. The Balaban J connectivity index is 2.28. The highest BCUT2D eigenvalue weighted by Crippen LogP contribution is 2.33. The van der Waals surface area contributed by atoms with E-state index in [1.54, 1.807) is 17.0 Å². The lowest BCUT2D eigenvalue weighted by Crippen LogP contribution is -2.44. The number of hydrogen-bond acceptors (Lipinski definition) is 3. The first-order valence-electron chi connectivity index (χ1n) is 6.13. The van der Waals surface area contributed by atoms with Gasteiger partial charge in [-0.15, -0.1) is 23.2 Å². The largest absolute Gasteiger partial charge is 0.358 e. The normalized spacial score (nSPS) is 15.7. The molecule has 1 saturated carbocycles. The number of anilines is 1. The van der Waals surface area contributed by atoms with Crippen LogP contribution in [0.15, 0.2) is 17.2 Å². The number of alkyl halides is 2. The molecule has 1 N–H and O–H groups in total. The van der Waals surface area contributed by atoms with Gasteiger partial charge in [0, 0.05) is 30.2 Å². The van der Waals surface area contributed by atoms with Crippen LogP contribution in [0.2, 0.25) is 0 Å². The van der Waals surface area contributed by atoms with Gasteiger partial charge in [-0.1, -0.05) is 6.92 Å². The second-order valence-electron chi connectivity index (χ2n) is 4.75. The Bertz CT molecular complexity index is 458. The zero-order valence-corrected chi connectivity index (χ0v) is 11.8. The predicted molar refractivity (Wildman–Crippen MR) is 74.9 cm³/mol. The summed E-state index contributed by atoms with van der Waals surface area (Å²) in [6.07, 6.45) is 6.24. The smallest absolute Gasteiger partial charge is 0.293 e. The van der Waals surface area contributed by atoms with Gasteiger partial charge in [-0.05, 0) is 19.3 Å². The quantitative estimate of drug-likeness (QED) is 0.819. The number of halogens is 2. The van der Waals surface area contributed by atoms with Crippen molar-refractivity contribution < 1.29 is 0 Å². The molecule has 0 bridgehead atoms. The molecule has 1 aromatic heterocycles. The van der Waals surface area contributed by atoms with Gasteiger partial charge in [0.25, 0.3) is 5.56 Å². The maximum Gasteiger partial charge on any atom is 0.293 e. The van der Waals surface area contributed by atoms with E-state index in [4.69, 9.17) is 23.2 Å². The third-order valence-corrected chi connectivity index (χ3v) is 4.40. The van der Waals surface area contributed by atoms with Crippen LogP contribution >= 0.6 is 23.2 Å². The highest BCUT2D eigenvalue weighted by atomic mass is 35.5. The molecule has 100 valence electrons. The molecule has 0 amide bonds. The summed E-state index contributed by atoms with van der Waals surface area (Å²) >= 11 is 11.9. The Morgan fingerprint density at radius 1 is 1.50 bits per heavy atom. The van der Waals surface area contributed by atoms with E-state index in [-0.39, 0.29) is 5.56 Å². The summed E-state index contributed by atoms with van der Waals surface area (Å²) in [5, 5.41) is 3.12. The molecule has 0 spiro atoms. The second kappa shape index (κ2) is 5.49. The van der Waals surface area contributed by atoms with Crippen LogP contribution in [0, 0.1) is 0 Å². The molecule has 6 heteroatoms. The Labute approximate surface area is 116 Å². The van der Waals surface area contributed by atoms with Gasteiger partial charge >= 0.3 is 0 Å². The molecule has 18 heavy (non-hydrogen) atoms. The molecule has 0 radical (unpaired) electrons. The van der Waals surface area contributed by atoms with Crippen LogP contribution in [-0.2, 0) is 0 Å². The minimum Gasteiger partial charge on any atom is -0.358 e. The Morgan fingerprint density at radius 3 is 2.67 bits per heavy atom. The zero-order valence-electron chi connectivity index (χ0n) is 10.3. The van der Waals surface area contributed by atoms with Gasteiger partial charge in [-0.3, -0.25) is 4.79 Å². The van der Waals surface area contributed by atoms with Crippen molar-refractivity contribution in [3.05, 3.63) is 22.7 Å². The minimum atomic E-state index is -0.474. The highest BCUT2D eigenvalue weighted by Gasteiger charge is 2.29. The average molecular weight is 290 g/mol. The van der Waals surface area contributed by atoms with Gasteiger partial charge in [-0.2, -0.15) is 0 Å². The molecule has 0 aromatic carbocycles. The summed E-state index contributed by atoms with van der Waals surface area (Å²) in [7, 11) is 0. The minimum absolute atomic E-state index is 0.0898. The van der Waals surface area contributed by atoms with E-state index in [1.807, 2.05) is 6.92 Å². The molecule has 1 heterocycles. The van der Waals surface area contributed by atoms with Crippen molar-refractivity contribution in [2.45, 2.75) is 37.8 Å². The molecular formula is C12H17Cl2N3O. The maximum absolute atomic E-state index is 12.2. The summed E-state index contributed by atoms with van der Waals surface area (Å²) in [4.78, 5) is 16.3. The second-order valence-corrected chi connectivity index (χ2v) is 5.28. The first-order chi connectivity index (χ1) is 8.65. The Morgan fingerprint density at radius 2 is 2.17 bits per heavy atom. The van der Waals surface area contributed by atoms with Crippen molar-refractivity contribution in [3.8, 4) is 0 Å². The molecule has 0 atom stereocenters. The van der Waals surface area contributed by atoms with E-state index < -0.39 is 5.54 Å². The van der Waals surface area contributed by atoms with E-state index in [2.05, 4.69) is 10.3 Å². The molecule has 1 aromatic rings. The molecule has 1 aliphatic carbocycles. The van der Waals surface area contributed by atoms with Crippen LogP contribution in [0.1, 0.15) is 32.2 Å². The number of hydrogen-bond donors (Lipinski definition) is 1. The van der Waals surface area contributed by atoms with Gasteiger partial charge < -0.3 is 9.88 Å². The third kappa shape index (κ3) is 2.64. The van der Waals surface area contributed by atoms with Gasteiger partial charge in [0.15, 0.2) is 5.82 Å². The summed E-state index contributed by atoms with van der Waals surface area (Å²) in [5.41, 5.74) is -0.564. The van der Waals surface area contributed by atoms with Crippen LogP contribution in [0.3, 0.4) is 0 Å². The van der Waals surface area contributed by atoms with Crippen molar-refractivity contribution in [1.29, 1.82) is 0 Å². The lowest BCUT2D eigenvalue weighted by molar-refractivity contribution is 0.554. The molecule has 1 fully saturated rings. The molecule has 1 aliphatic rings. The lowest BCUT2D eigenvalue weighted by atomic mass is 10.0. The van der Waals surface area contributed by atoms with Crippen molar-refractivity contribution in [1.82, 2.24) is 9.55 Å². The Kier molecular flexibility index (Phi) is 4.17. The van der Waals surface area contributed by atoms with Crippen LogP contribution in [0.4, 0.5) is 5.82 Å². The maximum atomic E-state index is 12.2. The SMILES string of the molecule is CCC(CCl)(CCl)Nc1nccn(C2CC2)c1=O. The van der Waals surface area contributed by atoms with Gasteiger partial charge in [-0.25, -0.2) is 4.98 Å². The lowest BCUT2D eigenvalue weighted by Gasteiger charge is -2.29. The van der Waals surface area contributed by atoms with Crippen LogP contribution in [0.5, 0.6) is 0 Å². The Hall–Kier alpha value is -0.740. The van der Waals surface area contributed by atoms with Crippen LogP contribution in [0.25, 0.3) is 0 Å². The standard InChI is InChI=1S/C12H17Cl2N3O/c1-2-12(7-13,8-14)16-10-11(18)17(6-5-15-10)9-3-4-9/h5-6,9H,2-4,7-8H2,1H3,(H,15,16). The number of nitrogens with zero attached hydrogens (tertiary/aromatic N) is 2. The van der Waals surface area contributed by atoms with Crippen LogP contribution in [-0.4, -0.2) is 26.9 Å². The van der Waals surface area contributed by atoms with Crippen molar-refractivity contribution in [2.24, 2.45) is 0 Å². The van der Waals surface area contributed by atoms with E-state index >= 15 is 0 Å². The molecule has 0 aliphatic heterocycles. The van der Waals surface area contributed by atoms with E-state index in [9.17, 15) is 4.79 Å². The third-order valence-electron chi connectivity index (χ3n) is 3.38. The zero-order chi connectivity index (χ0) is 13.2. The van der Waals surface area contributed by atoms with Crippen molar-refractivity contribution >= 4 is 29.0 Å². The first kappa shape index (κ1) is 13.7. The van der Waals surface area contributed by atoms with Crippen molar-refractivity contribution in [3.63, 3.8) is 0 Å². The van der Waals surface area contributed by atoms with E-state index in [0.717, 1.165) is 19.3 Å². The van der Waals surface area contributed by atoms with Gasteiger partial charge in [0.1, 0.15) is 0 Å². The van der Waals surface area contributed by atoms with E-state index in [0.29, 0.717) is 23.6 Å². The summed E-state index contributed by atoms with van der Waals surface area (Å²) in [6, 6.07) is 0.337. The summed E-state index contributed by atoms with van der Waals surface area (Å²) in [6.45, 7) is 1.99. The fraction of sp³-hybridized carbons (Fsp3) is 0.667. The number of nitrogens with one attached hydrogen (secondary N) is 1. The van der Waals surface area contributed by atoms with Crippen LogP contribution < -0.4 is 10.9 Å². The van der Waals surface area contributed by atoms with Crippen molar-refractivity contribution in [2.75, 3.05) is 17.1 Å². The highest BCUT2D eigenvalue weighted by molar-refractivity contribution is 6.22. The fourth-order valence-corrected chi connectivity index (χ4v) is 2.58. The molecule has 0 unspecified atom stereocenters. The van der Waals surface area contributed by atoms with E-state index in [1.165, 1.54) is 0 Å². The van der Waals surface area contributed by atoms with Gasteiger partial charge in [0.05, 0.1) is 5.54 Å². The van der Waals surface area contributed by atoms with Gasteiger partial charge in [0.2, 0.25) is 0 Å². The number of rotatable bonds is 6. The molecule has 2 rings (SSSR count). The predicted octanol–water partition coefficient (Wildman–Crippen LogP) is 2.62. The first-order valence-corrected chi connectivity index (χ1v) is 7.20. The average Bonchev–Trinajstić information content (AvgIpc) is 3.22. The number of aromatic nitrogens is 2. The molecule has 0 saturated heterocycles. The summed E-state index contributed by atoms with van der Waals surface area (Å²) in [5.74, 6) is 1.02. The molecule has 4 nitrogen and oxygen atoms in total. The monoisotopic (exact) mass is 289 g/mol. The summed E-state index contributed by atoms with van der Waals surface area (Å²) < 4.78 is 1.73. The fourth-order valence-electron chi connectivity index (χ4n) is 1.78.